The van der Waals surface area contributed by atoms with E-state index in [1.54, 1.807) is 22.7 Å². The number of hydrogen-bond acceptors (Lipinski definition) is 6. The summed E-state index contributed by atoms with van der Waals surface area (Å²) >= 11 is 3.31. The summed E-state index contributed by atoms with van der Waals surface area (Å²) < 4.78 is 5.96. The number of carbonyl (C=O) groups excluding carboxylic acids is 2. The Kier molecular flexibility index (Phi) is 5.85. The number of nitrogens with one attached hydrogen (secondary N) is 1. The molecule has 0 saturated heterocycles. The molecule has 3 heterocycles. The second-order valence-electron chi connectivity index (χ2n) is 8.71. The third-order valence-corrected chi connectivity index (χ3v) is 8.62. The Bertz CT molecular complexity index is 1030. The molecule has 31 heavy (non-hydrogen) atoms. The largest absolute Gasteiger partial charge is 0.459 e. The summed E-state index contributed by atoms with van der Waals surface area (Å²) in [6, 6.07) is 8.18. The molecule has 0 spiro atoms. The van der Waals surface area contributed by atoms with Crippen LogP contribution in [0.1, 0.15) is 73.5 Å². The van der Waals surface area contributed by atoms with Gasteiger partial charge in [-0.25, -0.2) is 4.79 Å². The molecule has 2 aromatic heterocycles. The molecule has 5 rings (SSSR count). The zero-order valence-electron chi connectivity index (χ0n) is 17.7. The van der Waals surface area contributed by atoms with Crippen LogP contribution in [-0.4, -0.2) is 17.9 Å². The Hall–Kier alpha value is -2.18. The predicted octanol–water partition coefficient (Wildman–Crippen LogP) is 6.05. The van der Waals surface area contributed by atoms with Crippen molar-refractivity contribution in [2.45, 2.75) is 69.8 Å². The van der Waals surface area contributed by atoms with Gasteiger partial charge in [-0.05, 0) is 61.9 Å². The molecular weight excluding hydrogens is 426 g/mol. The first-order valence-electron chi connectivity index (χ1n) is 11.1. The molecule has 2 atom stereocenters. The molecule has 3 aliphatic rings. The van der Waals surface area contributed by atoms with Gasteiger partial charge in [-0.1, -0.05) is 18.6 Å². The van der Waals surface area contributed by atoms with Crippen molar-refractivity contribution in [3.8, 4) is 0 Å². The molecule has 0 aromatic carbocycles. The highest BCUT2D eigenvalue weighted by Gasteiger charge is 2.42. The normalized spacial score (nSPS) is 24.7. The summed E-state index contributed by atoms with van der Waals surface area (Å²) in [6.45, 7) is 1.95. The minimum Gasteiger partial charge on any atom is -0.459 e. The van der Waals surface area contributed by atoms with E-state index in [0.29, 0.717) is 12.0 Å². The Morgan fingerprint density at radius 3 is 2.42 bits per heavy atom. The fraction of sp³-hybridized carbons (Fsp3) is 0.440. The third kappa shape index (κ3) is 4.03. The van der Waals surface area contributed by atoms with Crippen LogP contribution in [0.4, 0.5) is 0 Å². The lowest BCUT2D eigenvalue weighted by molar-refractivity contribution is -0.146. The van der Waals surface area contributed by atoms with Crippen molar-refractivity contribution in [2.24, 2.45) is 0 Å². The molecule has 162 valence electrons. The van der Waals surface area contributed by atoms with Gasteiger partial charge >= 0.3 is 5.97 Å². The second kappa shape index (κ2) is 8.75. The van der Waals surface area contributed by atoms with Crippen LogP contribution in [0, 0.1) is 0 Å². The van der Waals surface area contributed by atoms with E-state index in [1.807, 2.05) is 30.5 Å². The van der Waals surface area contributed by atoms with E-state index in [1.165, 1.54) is 11.3 Å². The first kappa shape index (κ1) is 20.7. The smallest absolute Gasteiger partial charge is 0.337 e. The Labute approximate surface area is 191 Å². The van der Waals surface area contributed by atoms with Gasteiger partial charge in [0.1, 0.15) is 6.10 Å². The van der Waals surface area contributed by atoms with E-state index in [4.69, 9.17) is 4.74 Å². The molecule has 2 aliphatic carbocycles. The molecule has 0 radical (unpaired) electrons. The predicted molar refractivity (Wildman–Crippen MR) is 124 cm³/mol. The molecule has 0 amide bonds. The number of ketones is 1. The highest BCUT2D eigenvalue weighted by Crippen LogP contribution is 2.47. The van der Waals surface area contributed by atoms with Crippen LogP contribution in [0.25, 0.3) is 0 Å². The number of allylic oxidation sites excluding steroid dienone is 3. The number of dihydropyridines is 1. The maximum atomic E-state index is 13.4. The average Bonchev–Trinajstić information content (AvgIpc) is 3.47. The minimum absolute atomic E-state index is 0.00817. The summed E-state index contributed by atoms with van der Waals surface area (Å²) in [7, 11) is 0. The highest BCUT2D eigenvalue weighted by atomic mass is 32.1. The zero-order chi connectivity index (χ0) is 21.4. The van der Waals surface area contributed by atoms with Crippen LogP contribution in [0.3, 0.4) is 0 Å². The van der Waals surface area contributed by atoms with Crippen molar-refractivity contribution >= 4 is 34.4 Å². The Morgan fingerprint density at radius 1 is 1.03 bits per heavy atom. The highest BCUT2D eigenvalue weighted by molar-refractivity contribution is 7.10. The summed E-state index contributed by atoms with van der Waals surface area (Å²) in [4.78, 5) is 29.1. The summed E-state index contributed by atoms with van der Waals surface area (Å²) in [5, 5.41) is 7.53. The maximum absolute atomic E-state index is 13.4. The maximum Gasteiger partial charge on any atom is 0.337 e. The van der Waals surface area contributed by atoms with Gasteiger partial charge in [-0.2, -0.15) is 0 Å². The second-order valence-corrected chi connectivity index (χ2v) is 10.7. The van der Waals surface area contributed by atoms with Gasteiger partial charge in [0.05, 0.1) is 11.5 Å². The molecule has 0 bridgehead atoms. The summed E-state index contributed by atoms with van der Waals surface area (Å²) in [5.74, 6) is -0.258. The monoisotopic (exact) mass is 453 g/mol. The lowest BCUT2D eigenvalue weighted by Crippen LogP contribution is -2.36. The molecule has 4 nitrogen and oxygen atoms in total. The lowest BCUT2D eigenvalue weighted by Gasteiger charge is -2.36. The van der Waals surface area contributed by atoms with Crippen molar-refractivity contribution in [1.29, 1.82) is 0 Å². The van der Waals surface area contributed by atoms with Gasteiger partial charge in [0.25, 0.3) is 0 Å². The number of carbonyl (C=O) groups is 2. The average molecular weight is 454 g/mol. The van der Waals surface area contributed by atoms with E-state index in [0.717, 1.165) is 53.9 Å². The number of rotatable bonds is 4. The SMILES string of the molecule is CC1=C(C(=O)OC2CCCCC2)[C@@H](c2cccs2)C2=C(C[C@H](c3cccs3)CC2=O)N1. The molecule has 1 saturated carbocycles. The number of ether oxygens (including phenoxy) is 1. The van der Waals surface area contributed by atoms with Crippen molar-refractivity contribution in [1.82, 2.24) is 5.32 Å². The van der Waals surface area contributed by atoms with E-state index >= 15 is 0 Å². The zero-order valence-corrected chi connectivity index (χ0v) is 19.3. The third-order valence-electron chi connectivity index (χ3n) is 6.65. The van der Waals surface area contributed by atoms with E-state index in [-0.39, 0.29) is 29.7 Å². The number of hydrogen-bond donors (Lipinski definition) is 1. The Balaban J connectivity index is 1.49. The number of Topliss-reactive ketones (excluding diaryl/α,β-unsaturated/α-hetero) is 1. The van der Waals surface area contributed by atoms with Gasteiger partial charge in [0.2, 0.25) is 0 Å². The van der Waals surface area contributed by atoms with E-state index in [9.17, 15) is 9.59 Å². The molecule has 0 unspecified atom stereocenters. The first-order chi connectivity index (χ1) is 15.1. The molecule has 1 fully saturated rings. The summed E-state index contributed by atoms with van der Waals surface area (Å²) in [6.07, 6.45) is 6.59. The van der Waals surface area contributed by atoms with Crippen molar-refractivity contribution in [2.75, 3.05) is 0 Å². The fourth-order valence-electron chi connectivity index (χ4n) is 5.17. The molecule has 2 aromatic rings. The van der Waals surface area contributed by atoms with Gasteiger partial charge in [-0.3, -0.25) is 4.79 Å². The van der Waals surface area contributed by atoms with Crippen LogP contribution in [0.5, 0.6) is 0 Å². The van der Waals surface area contributed by atoms with Gasteiger partial charge < -0.3 is 10.1 Å². The number of esters is 1. The molecular formula is C25H27NO3S2. The van der Waals surface area contributed by atoms with E-state index in [2.05, 4.69) is 16.8 Å². The topological polar surface area (TPSA) is 55.4 Å². The molecule has 6 heteroatoms. The van der Waals surface area contributed by atoms with Crippen LogP contribution >= 0.6 is 22.7 Å². The van der Waals surface area contributed by atoms with Gasteiger partial charge in [0.15, 0.2) is 5.78 Å². The van der Waals surface area contributed by atoms with Crippen molar-refractivity contribution < 1.29 is 14.3 Å². The van der Waals surface area contributed by atoms with Crippen LogP contribution in [0.15, 0.2) is 57.6 Å². The van der Waals surface area contributed by atoms with Crippen LogP contribution in [-0.2, 0) is 14.3 Å². The first-order valence-corrected chi connectivity index (χ1v) is 12.9. The van der Waals surface area contributed by atoms with Gasteiger partial charge in [0, 0.05) is 39.1 Å². The molecule has 1 N–H and O–H groups in total. The van der Waals surface area contributed by atoms with Crippen LogP contribution < -0.4 is 5.32 Å². The van der Waals surface area contributed by atoms with Gasteiger partial charge in [-0.15, -0.1) is 22.7 Å². The number of thiophene rings is 2. The summed E-state index contributed by atoms with van der Waals surface area (Å²) in [5.41, 5.74) is 3.16. The lowest BCUT2D eigenvalue weighted by atomic mass is 9.74. The quantitative estimate of drug-likeness (QED) is 0.573. The van der Waals surface area contributed by atoms with E-state index < -0.39 is 0 Å². The minimum atomic E-state index is -0.330. The molecule has 1 aliphatic heterocycles. The van der Waals surface area contributed by atoms with Crippen molar-refractivity contribution in [3.63, 3.8) is 0 Å². The fourth-order valence-corrected chi connectivity index (χ4v) is 6.85. The van der Waals surface area contributed by atoms with Crippen LogP contribution in [0.2, 0.25) is 0 Å². The standard InChI is InChI=1S/C25H27NO3S2/c1-15-22(25(28)29-17-7-3-2-4-8-17)24(21-10-6-12-31-21)23-18(26-15)13-16(14-19(23)27)20-9-5-11-30-20/h5-6,9-12,16-17,24,26H,2-4,7-8,13-14H2,1H3/t16-,24+/m0/s1. The Morgan fingerprint density at radius 2 is 1.74 bits per heavy atom. The van der Waals surface area contributed by atoms with Crippen molar-refractivity contribution in [3.05, 3.63) is 67.3 Å².